The van der Waals surface area contributed by atoms with Gasteiger partial charge in [-0.2, -0.15) is 4.98 Å². The Morgan fingerprint density at radius 3 is 2.60 bits per heavy atom. The largest absolute Gasteiger partial charge is 0.384 e. The summed E-state index contributed by atoms with van der Waals surface area (Å²) in [6.07, 6.45) is 0. The lowest BCUT2D eigenvalue weighted by Crippen LogP contribution is -2.15. The van der Waals surface area contributed by atoms with Crippen molar-refractivity contribution in [1.29, 1.82) is 0 Å². The minimum Gasteiger partial charge on any atom is -0.384 e. The summed E-state index contributed by atoms with van der Waals surface area (Å²) in [7, 11) is 0. The normalized spacial score (nSPS) is 9.70. The molecule has 6 heteroatoms. The minimum absolute atomic E-state index is 0.0984. The highest BCUT2D eigenvalue weighted by atomic mass is 79.9. The molecule has 0 aliphatic heterocycles. The molecule has 0 saturated carbocycles. The summed E-state index contributed by atoms with van der Waals surface area (Å²) in [5, 5.41) is 0. The van der Waals surface area contributed by atoms with Gasteiger partial charge in [-0.3, -0.25) is 4.98 Å². The van der Waals surface area contributed by atoms with Crippen LogP contribution in [0.1, 0.15) is 0 Å². The van der Waals surface area contributed by atoms with Crippen molar-refractivity contribution in [2.24, 2.45) is 0 Å². The average molecular weight is 205 g/mol. The van der Waals surface area contributed by atoms with Crippen molar-refractivity contribution in [3.05, 3.63) is 15.0 Å². The van der Waals surface area contributed by atoms with Crippen molar-refractivity contribution in [2.45, 2.75) is 0 Å². The number of nitrogens with two attached hydrogens (primary N) is 2. The number of aromatic nitrogens is 2. The van der Waals surface area contributed by atoms with Gasteiger partial charge in [0.05, 0.1) is 0 Å². The van der Waals surface area contributed by atoms with E-state index in [2.05, 4.69) is 25.9 Å². The van der Waals surface area contributed by atoms with Gasteiger partial charge in [0.1, 0.15) is 16.1 Å². The molecule has 10 heavy (non-hydrogen) atoms. The zero-order chi connectivity index (χ0) is 7.72. The zero-order valence-electron chi connectivity index (χ0n) is 4.89. The zero-order valence-corrected chi connectivity index (χ0v) is 6.47. The van der Waals surface area contributed by atoms with Gasteiger partial charge >= 0.3 is 5.69 Å². The fourth-order valence-electron chi connectivity index (χ4n) is 0.494. The molecular formula is C4H5BrN4O. The maximum absolute atomic E-state index is 10.5. The molecule has 0 atom stereocenters. The number of nitrogens with zero attached hydrogens (tertiary/aromatic N) is 1. The first kappa shape index (κ1) is 7.07. The highest BCUT2D eigenvalue weighted by Gasteiger charge is 2.01. The van der Waals surface area contributed by atoms with Gasteiger partial charge in [-0.15, -0.1) is 0 Å². The number of hydrogen-bond acceptors (Lipinski definition) is 4. The van der Waals surface area contributed by atoms with Crippen LogP contribution in [0.15, 0.2) is 9.27 Å². The van der Waals surface area contributed by atoms with Crippen molar-refractivity contribution in [3.8, 4) is 0 Å². The van der Waals surface area contributed by atoms with Crippen molar-refractivity contribution in [1.82, 2.24) is 9.97 Å². The first-order valence-electron chi connectivity index (χ1n) is 2.42. The Morgan fingerprint density at radius 2 is 2.10 bits per heavy atom. The molecule has 0 aliphatic rings. The molecule has 0 bridgehead atoms. The third-order valence-electron chi connectivity index (χ3n) is 0.925. The van der Waals surface area contributed by atoms with Crippen LogP contribution >= 0.6 is 15.9 Å². The lowest BCUT2D eigenvalue weighted by Gasteiger charge is -1.97. The molecule has 0 spiro atoms. The van der Waals surface area contributed by atoms with Gasteiger partial charge < -0.3 is 11.5 Å². The van der Waals surface area contributed by atoms with Crippen LogP contribution in [0.3, 0.4) is 0 Å². The number of aromatic amines is 1. The maximum atomic E-state index is 10.5. The average Bonchev–Trinajstić information content (AvgIpc) is 1.82. The Bertz CT molecular complexity index is 280. The molecule has 0 aromatic carbocycles. The van der Waals surface area contributed by atoms with Gasteiger partial charge in [0.15, 0.2) is 0 Å². The number of rotatable bonds is 0. The van der Waals surface area contributed by atoms with E-state index in [9.17, 15) is 4.79 Å². The number of halogens is 1. The SMILES string of the molecule is Nc1nc(=O)[nH]c(N)c1Br. The van der Waals surface area contributed by atoms with Crippen LogP contribution in [0, 0.1) is 0 Å². The summed E-state index contributed by atoms with van der Waals surface area (Å²) in [4.78, 5) is 16.2. The predicted molar refractivity (Wildman–Crippen MR) is 41.4 cm³/mol. The number of nitrogen functional groups attached to an aromatic ring is 2. The van der Waals surface area contributed by atoms with Crippen LogP contribution in [0.5, 0.6) is 0 Å². The number of hydrogen-bond donors (Lipinski definition) is 3. The summed E-state index contributed by atoms with van der Waals surface area (Å²) < 4.78 is 0.423. The van der Waals surface area contributed by atoms with Crippen LogP contribution in [0.4, 0.5) is 11.6 Å². The topological polar surface area (TPSA) is 97.8 Å². The van der Waals surface area contributed by atoms with Crippen LogP contribution in [-0.4, -0.2) is 9.97 Å². The lowest BCUT2D eigenvalue weighted by atomic mass is 10.5. The molecule has 1 heterocycles. The van der Waals surface area contributed by atoms with E-state index < -0.39 is 5.69 Å². The summed E-state index contributed by atoms with van der Waals surface area (Å²) in [5.74, 6) is 0.291. The highest BCUT2D eigenvalue weighted by molar-refractivity contribution is 9.10. The van der Waals surface area contributed by atoms with E-state index in [1.807, 2.05) is 0 Å². The van der Waals surface area contributed by atoms with Gasteiger partial charge in [0, 0.05) is 0 Å². The smallest absolute Gasteiger partial charge is 0.348 e. The second-order valence-electron chi connectivity index (χ2n) is 1.65. The third kappa shape index (κ3) is 1.10. The molecule has 5 N–H and O–H groups in total. The van der Waals surface area contributed by atoms with Crippen molar-refractivity contribution < 1.29 is 0 Å². The summed E-state index contributed by atoms with van der Waals surface area (Å²) >= 11 is 3.03. The van der Waals surface area contributed by atoms with Gasteiger partial charge in [-0.1, -0.05) is 0 Å². The Kier molecular flexibility index (Phi) is 1.62. The van der Waals surface area contributed by atoms with E-state index in [0.717, 1.165) is 0 Å². The maximum Gasteiger partial charge on any atom is 0.348 e. The van der Waals surface area contributed by atoms with Crippen molar-refractivity contribution in [3.63, 3.8) is 0 Å². The second-order valence-corrected chi connectivity index (χ2v) is 2.45. The van der Waals surface area contributed by atoms with Crippen LogP contribution in [-0.2, 0) is 0 Å². The minimum atomic E-state index is -0.543. The van der Waals surface area contributed by atoms with Gasteiger partial charge in [-0.05, 0) is 15.9 Å². The van der Waals surface area contributed by atoms with Crippen LogP contribution in [0.25, 0.3) is 0 Å². The summed E-state index contributed by atoms with van der Waals surface area (Å²) in [6, 6.07) is 0. The van der Waals surface area contributed by atoms with Crippen LogP contribution < -0.4 is 17.2 Å². The van der Waals surface area contributed by atoms with Crippen molar-refractivity contribution in [2.75, 3.05) is 11.5 Å². The first-order chi connectivity index (χ1) is 4.61. The van der Waals surface area contributed by atoms with E-state index in [1.165, 1.54) is 0 Å². The predicted octanol–water partition coefficient (Wildman–Crippen LogP) is -0.303. The third-order valence-corrected chi connectivity index (χ3v) is 1.76. The molecule has 54 valence electrons. The fraction of sp³-hybridized carbons (Fsp3) is 0. The van der Waals surface area contributed by atoms with Gasteiger partial charge in [-0.25, -0.2) is 4.79 Å². The molecule has 0 fully saturated rings. The molecule has 5 nitrogen and oxygen atoms in total. The number of nitrogens with one attached hydrogen (secondary N) is 1. The van der Waals surface area contributed by atoms with Gasteiger partial charge in [0.2, 0.25) is 0 Å². The molecule has 0 amide bonds. The highest BCUT2D eigenvalue weighted by Crippen LogP contribution is 2.19. The Balaban J connectivity index is 3.46. The molecule has 0 saturated heterocycles. The van der Waals surface area contributed by atoms with Gasteiger partial charge in [0.25, 0.3) is 0 Å². The van der Waals surface area contributed by atoms with E-state index in [4.69, 9.17) is 11.5 Å². The van der Waals surface area contributed by atoms with E-state index in [0.29, 0.717) is 4.47 Å². The molecular weight excluding hydrogens is 200 g/mol. The second kappa shape index (κ2) is 2.30. The van der Waals surface area contributed by atoms with E-state index in [1.54, 1.807) is 0 Å². The van der Waals surface area contributed by atoms with Crippen molar-refractivity contribution >= 4 is 27.6 Å². The summed E-state index contributed by atoms with van der Waals surface area (Å²) in [6.45, 7) is 0. The monoisotopic (exact) mass is 204 g/mol. The quantitative estimate of drug-likeness (QED) is 0.541. The first-order valence-corrected chi connectivity index (χ1v) is 3.21. The van der Waals surface area contributed by atoms with E-state index >= 15 is 0 Å². The Labute approximate surface area is 64.6 Å². The van der Waals surface area contributed by atoms with E-state index in [-0.39, 0.29) is 11.6 Å². The summed E-state index contributed by atoms with van der Waals surface area (Å²) in [5.41, 5.74) is 10.0. The molecule has 0 radical (unpaired) electrons. The lowest BCUT2D eigenvalue weighted by molar-refractivity contribution is 1.08. The molecule has 1 aromatic heterocycles. The molecule has 0 unspecified atom stereocenters. The molecule has 0 aliphatic carbocycles. The molecule has 1 rings (SSSR count). The molecule has 1 aromatic rings. The Morgan fingerprint density at radius 1 is 1.50 bits per heavy atom. The number of anilines is 2. The standard InChI is InChI=1S/C4H5BrN4O/c5-1-2(6)8-4(10)9-3(1)7/h(H5,6,7,8,9,10). The fourth-order valence-corrected chi connectivity index (χ4v) is 0.682. The Hall–Kier alpha value is -1.04. The number of H-pyrrole nitrogens is 1. The van der Waals surface area contributed by atoms with Crippen LogP contribution in [0.2, 0.25) is 0 Å².